The first-order valence-electron chi connectivity index (χ1n) is 13.0. The molecule has 0 aliphatic carbocycles. The molecule has 7 rings (SSSR count). The average Bonchev–Trinajstić information content (AvgIpc) is 3.50. The molecule has 1 unspecified atom stereocenters. The number of nitrogens with one attached hydrogen (secondary N) is 1. The SMILES string of the molecule is C=C(C)C(c1ncn2c1CCC2)N1Cc2c(F)cc(-c3ccc(N4CC5(CNC5)C4)cc3)cc2C1=C. The fraction of sp³-hybridized carbons (Fsp3) is 0.367. The highest BCUT2D eigenvalue weighted by atomic mass is 19.1. The number of nitrogens with zero attached hydrogens (tertiary/aromatic N) is 4. The first-order chi connectivity index (χ1) is 17.4. The smallest absolute Gasteiger partial charge is 0.129 e. The Morgan fingerprint density at radius 3 is 2.61 bits per heavy atom. The van der Waals surface area contributed by atoms with Crippen LogP contribution in [0.1, 0.15) is 41.9 Å². The van der Waals surface area contributed by atoms with Crippen molar-refractivity contribution in [2.45, 2.75) is 38.9 Å². The van der Waals surface area contributed by atoms with Gasteiger partial charge in [-0.15, -0.1) is 0 Å². The van der Waals surface area contributed by atoms with Crippen LogP contribution in [0, 0.1) is 11.2 Å². The van der Waals surface area contributed by atoms with Gasteiger partial charge in [0, 0.05) is 72.9 Å². The fourth-order valence-electron chi connectivity index (χ4n) is 6.58. The molecule has 0 saturated carbocycles. The summed E-state index contributed by atoms with van der Waals surface area (Å²) in [7, 11) is 0. The molecule has 184 valence electrons. The van der Waals surface area contributed by atoms with E-state index in [-0.39, 0.29) is 11.9 Å². The van der Waals surface area contributed by atoms with Gasteiger partial charge in [-0.25, -0.2) is 9.37 Å². The van der Waals surface area contributed by atoms with Gasteiger partial charge in [0.1, 0.15) is 5.82 Å². The first kappa shape index (κ1) is 21.9. The molecule has 2 saturated heterocycles. The van der Waals surface area contributed by atoms with Gasteiger partial charge in [-0.2, -0.15) is 0 Å². The summed E-state index contributed by atoms with van der Waals surface area (Å²) in [6.45, 7) is 16.7. The van der Waals surface area contributed by atoms with Crippen LogP contribution < -0.4 is 10.2 Å². The van der Waals surface area contributed by atoms with Gasteiger partial charge < -0.3 is 19.7 Å². The van der Waals surface area contributed by atoms with Crippen LogP contribution in [0.25, 0.3) is 16.8 Å². The van der Waals surface area contributed by atoms with Crippen molar-refractivity contribution in [3.63, 3.8) is 0 Å². The van der Waals surface area contributed by atoms with Gasteiger partial charge >= 0.3 is 0 Å². The molecule has 3 aromatic rings. The molecular weight excluding hydrogens is 449 g/mol. The predicted molar refractivity (Wildman–Crippen MR) is 142 cm³/mol. The third-order valence-electron chi connectivity index (χ3n) is 8.63. The van der Waals surface area contributed by atoms with E-state index in [1.807, 2.05) is 13.3 Å². The number of benzene rings is 2. The summed E-state index contributed by atoms with van der Waals surface area (Å²) in [6, 6.07) is 12.2. The normalized spacial score (nSPS) is 20.2. The Morgan fingerprint density at radius 1 is 1.14 bits per heavy atom. The zero-order chi connectivity index (χ0) is 24.6. The third-order valence-corrected chi connectivity index (χ3v) is 8.63. The number of rotatable bonds is 5. The van der Waals surface area contributed by atoms with Crippen LogP contribution in [0.15, 0.2) is 61.5 Å². The van der Waals surface area contributed by atoms with Crippen LogP contribution in [-0.2, 0) is 19.5 Å². The predicted octanol–water partition coefficient (Wildman–Crippen LogP) is 5.15. The Morgan fingerprint density at radius 2 is 1.92 bits per heavy atom. The standard InChI is InChI=1S/C30H32FN5/c1-19(2)29(28-27-5-4-10-34(27)18-33-28)36-13-25-24(20(36)3)11-22(12-26(25)31)21-6-8-23(9-7-21)35-16-30(17-35)14-32-15-30/h6-9,11-12,18,29,32H,1,3-5,10,13-17H2,2H3. The van der Waals surface area contributed by atoms with Crippen molar-refractivity contribution < 1.29 is 4.39 Å². The summed E-state index contributed by atoms with van der Waals surface area (Å²) in [5.41, 5.74) is 9.40. The van der Waals surface area contributed by atoms with E-state index in [9.17, 15) is 0 Å². The monoisotopic (exact) mass is 481 g/mol. The molecule has 0 bridgehead atoms. The third kappa shape index (κ3) is 3.20. The lowest BCUT2D eigenvalue weighted by Crippen LogP contribution is -2.71. The van der Waals surface area contributed by atoms with Crippen molar-refractivity contribution in [1.29, 1.82) is 0 Å². The van der Waals surface area contributed by atoms with Gasteiger partial charge in [0.25, 0.3) is 0 Å². The number of fused-ring (bicyclic) bond motifs is 2. The highest BCUT2D eigenvalue weighted by Crippen LogP contribution is 2.44. The lowest BCUT2D eigenvalue weighted by molar-refractivity contribution is 0.121. The fourth-order valence-corrected chi connectivity index (χ4v) is 6.58. The minimum atomic E-state index is -0.173. The van der Waals surface area contributed by atoms with Crippen molar-refractivity contribution in [2.75, 3.05) is 31.1 Å². The van der Waals surface area contributed by atoms with Gasteiger partial charge in [-0.05, 0) is 55.2 Å². The second-order valence-electron chi connectivity index (χ2n) is 11.2. The largest absolute Gasteiger partial charge is 0.370 e. The molecule has 1 spiro atoms. The molecule has 2 aromatic carbocycles. The number of anilines is 1. The molecule has 4 aliphatic heterocycles. The minimum absolute atomic E-state index is 0.105. The number of hydrogen-bond acceptors (Lipinski definition) is 4. The van der Waals surface area contributed by atoms with Crippen LogP contribution in [0.4, 0.5) is 10.1 Å². The van der Waals surface area contributed by atoms with E-state index >= 15 is 4.39 Å². The average molecular weight is 482 g/mol. The maximum absolute atomic E-state index is 15.5. The van der Waals surface area contributed by atoms with Crippen LogP contribution in [0.2, 0.25) is 0 Å². The van der Waals surface area contributed by atoms with Gasteiger partial charge in [0.2, 0.25) is 0 Å². The number of aromatic nitrogens is 2. The molecule has 1 N–H and O–H groups in total. The topological polar surface area (TPSA) is 36.3 Å². The van der Waals surface area contributed by atoms with Gasteiger partial charge in [-0.1, -0.05) is 30.9 Å². The summed E-state index contributed by atoms with van der Waals surface area (Å²) >= 11 is 0. The lowest BCUT2D eigenvalue weighted by Gasteiger charge is -2.57. The number of aryl methyl sites for hydroxylation is 1. The summed E-state index contributed by atoms with van der Waals surface area (Å²) in [5.74, 6) is -0.173. The summed E-state index contributed by atoms with van der Waals surface area (Å²) < 4.78 is 17.7. The molecular formula is C30H32FN5. The van der Waals surface area contributed by atoms with Gasteiger partial charge in [0.15, 0.2) is 0 Å². The molecule has 5 heterocycles. The van der Waals surface area contributed by atoms with Crippen molar-refractivity contribution in [3.8, 4) is 11.1 Å². The summed E-state index contributed by atoms with van der Waals surface area (Å²) in [5, 5.41) is 3.39. The Labute approximate surface area is 211 Å². The van der Waals surface area contributed by atoms with Crippen molar-refractivity contribution in [3.05, 3.63) is 89.8 Å². The van der Waals surface area contributed by atoms with E-state index < -0.39 is 0 Å². The zero-order valence-electron chi connectivity index (χ0n) is 20.9. The Kier molecular flexibility index (Phi) is 4.74. The maximum atomic E-state index is 15.5. The van der Waals surface area contributed by atoms with E-state index in [1.54, 1.807) is 6.07 Å². The van der Waals surface area contributed by atoms with E-state index in [1.165, 1.54) is 11.4 Å². The zero-order valence-corrected chi connectivity index (χ0v) is 20.9. The molecule has 6 heteroatoms. The van der Waals surface area contributed by atoms with E-state index in [0.717, 1.165) is 79.2 Å². The maximum Gasteiger partial charge on any atom is 0.129 e. The van der Waals surface area contributed by atoms with Crippen molar-refractivity contribution >= 4 is 11.4 Å². The second kappa shape index (κ2) is 7.81. The molecule has 0 amide bonds. The highest BCUT2D eigenvalue weighted by Gasteiger charge is 2.47. The van der Waals surface area contributed by atoms with Crippen LogP contribution in [0.3, 0.4) is 0 Å². The highest BCUT2D eigenvalue weighted by molar-refractivity contribution is 5.77. The van der Waals surface area contributed by atoms with Crippen molar-refractivity contribution in [1.82, 2.24) is 19.8 Å². The molecule has 5 nitrogen and oxygen atoms in total. The molecule has 2 fully saturated rings. The first-order valence-corrected chi connectivity index (χ1v) is 13.0. The Balaban J connectivity index is 1.16. The Hall–Kier alpha value is -3.38. The lowest BCUT2D eigenvalue weighted by atomic mass is 9.74. The summed E-state index contributed by atoms with van der Waals surface area (Å²) in [6.07, 6.45) is 4.10. The second-order valence-corrected chi connectivity index (χ2v) is 11.2. The van der Waals surface area contributed by atoms with Crippen LogP contribution in [0.5, 0.6) is 0 Å². The number of hydrogen-bond donors (Lipinski definition) is 1. The van der Waals surface area contributed by atoms with Gasteiger partial charge in [-0.3, -0.25) is 0 Å². The quantitative estimate of drug-likeness (QED) is 0.512. The summed E-state index contributed by atoms with van der Waals surface area (Å²) in [4.78, 5) is 9.37. The molecule has 36 heavy (non-hydrogen) atoms. The van der Waals surface area contributed by atoms with Gasteiger partial charge in [0.05, 0.1) is 18.1 Å². The van der Waals surface area contributed by atoms with E-state index in [2.05, 4.69) is 63.2 Å². The molecule has 4 aliphatic rings. The molecule has 1 atom stereocenters. The minimum Gasteiger partial charge on any atom is -0.370 e. The number of halogens is 1. The number of imidazole rings is 1. The Bertz CT molecular complexity index is 1390. The van der Waals surface area contributed by atoms with Crippen LogP contribution in [-0.4, -0.2) is 40.6 Å². The molecule has 1 aromatic heterocycles. The van der Waals surface area contributed by atoms with Crippen LogP contribution >= 0.6 is 0 Å². The van der Waals surface area contributed by atoms with Crippen molar-refractivity contribution in [2.24, 2.45) is 5.41 Å². The van der Waals surface area contributed by atoms with E-state index in [0.29, 0.717) is 17.5 Å². The molecule has 0 radical (unpaired) electrons. The van der Waals surface area contributed by atoms with E-state index in [4.69, 9.17) is 4.98 Å².